The fourth-order valence-electron chi connectivity index (χ4n) is 3.00. The van der Waals surface area contributed by atoms with Crippen LogP contribution in [0.15, 0.2) is 24.3 Å². The molecule has 0 aromatic heterocycles. The monoisotopic (exact) mass is 360 g/mol. The number of halogens is 3. The highest BCUT2D eigenvalue weighted by Gasteiger charge is 2.41. The Hall–Kier alpha value is -1.64. The molecule has 0 bridgehead atoms. The number of hydrogen-bond acceptors (Lipinski definition) is 4. The van der Waals surface area contributed by atoms with Gasteiger partial charge in [0, 0.05) is 33.3 Å². The van der Waals surface area contributed by atoms with Crippen molar-refractivity contribution >= 4 is 5.91 Å². The summed E-state index contributed by atoms with van der Waals surface area (Å²) >= 11 is 0. The van der Waals surface area contributed by atoms with Crippen LogP contribution in [-0.2, 0) is 22.3 Å². The fraction of sp³-hybridized carbons (Fsp3) is 0.588. The maximum Gasteiger partial charge on any atom is 0.416 e. The van der Waals surface area contributed by atoms with E-state index in [-0.39, 0.29) is 25.1 Å². The Bertz CT molecular complexity index is 595. The second-order valence-corrected chi connectivity index (χ2v) is 6.18. The lowest BCUT2D eigenvalue weighted by Gasteiger charge is -2.38. The van der Waals surface area contributed by atoms with E-state index in [2.05, 4.69) is 5.32 Å². The summed E-state index contributed by atoms with van der Waals surface area (Å²) in [5.41, 5.74) is -2.23. The van der Waals surface area contributed by atoms with Crippen molar-refractivity contribution in [3.63, 3.8) is 0 Å². The van der Waals surface area contributed by atoms with Gasteiger partial charge in [0.05, 0.1) is 12.2 Å². The topological polar surface area (TPSA) is 61.8 Å². The number of rotatable bonds is 7. The average Bonchev–Trinajstić information content (AvgIpc) is 2.56. The van der Waals surface area contributed by atoms with Gasteiger partial charge in [-0.2, -0.15) is 13.2 Å². The summed E-state index contributed by atoms with van der Waals surface area (Å²) in [5.74, 6) is -0.410. The van der Waals surface area contributed by atoms with Crippen LogP contribution in [0.4, 0.5) is 13.2 Å². The highest BCUT2D eigenvalue weighted by Crippen LogP contribution is 2.32. The highest BCUT2D eigenvalue weighted by molar-refractivity contribution is 5.86. The minimum absolute atomic E-state index is 0.0800. The lowest BCUT2D eigenvalue weighted by Crippen LogP contribution is -2.58. The molecule has 2 N–H and O–H groups in total. The Labute approximate surface area is 144 Å². The van der Waals surface area contributed by atoms with Crippen molar-refractivity contribution in [3.05, 3.63) is 35.4 Å². The molecule has 1 aromatic rings. The molecular weight excluding hydrogens is 337 g/mol. The van der Waals surface area contributed by atoms with Crippen molar-refractivity contribution in [2.24, 2.45) is 0 Å². The summed E-state index contributed by atoms with van der Waals surface area (Å²) in [6.45, 7) is 1.12. The first kappa shape index (κ1) is 19.7. The van der Waals surface area contributed by atoms with E-state index in [1.807, 2.05) is 0 Å². The van der Waals surface area contributed by atoms with Gasteiger partial charge in [0.2, 0.25) is 0 Å². The van der Waals surface area contributed by atoms with Crippen LogP contribution in [-0.4, -0.2) is 54.9 Å². The molecular formula is C17H23F3N2O3. The van der Waals surface area contributed by atoms with E-state index in [4.69, 9.17) is 4.74 Å². The highest BCUT2D eigenvalue weighted by atomic mass is 19.4. The predicted octanol–water partition coefficient (Wildman–Crippen LogP) is 1.79. The van der Waals surface area contributed by atoms with Gasteiger partial charge in [-0.3, -0.25) is 4.79 Å². The van der Waals surface area contributed by atoms with Crippen LogP contribution in [0.2, 0.25) is 0 Å². The molecule has 1 atom stereocenters. The van der Waals surface area contributed by atoms with E-state index >= 15 is 0 Å². The van der Waals surface area contributed by atoms with Gasteiger partial charge in [-0.1, -0.05) is 18.2 Å². The molecule has 1 fully saturated rings. The summed E-state index contributed by atoms with van der Waals surface area (Å²) in [4.78, 5) is 13.9. The molecule has 8 heteroatoms. The van der Waals surface area contributed by atoms with Crippen molar-refractivity contribution < 1.29 is 27.8 Å². The number of methoxy groups -OCH3 is 1. The minimum Gasteiger partial charge on any atom is -0.383 e. The number of nitrogens with one attached hydrogen (secondary N) is 1. The molecule has 2 rings (SSSR count). The molecule has 1 aromatic carbocycles. The van der Waals surface area contributed by atoms with Crippen LogP contribution in [0.1, 0.15) is 24.0 Å². The third kappa shape index (κ3) is 4.93. The van der Waals surface area contributed by atoms with E-state index < -0.39 is 23.2 Å². The van der Waals surface area contributed by atoms with Gasteiger partial charge in [-0.25, -0.2) is 0 Å². The number of carbonyl (C=O) groups is 1. The Morgan fingerprint density at radius 3 is 2.76 bits per heavy atom. The van der Waals surface area contributed by atoms with E-state index in [0.29, 0.717) is 26.1 Å². The number of likely N-dealkylation sites (tertiary alicyclic amines) is 1. The Kier molecular flexibility index (Phi) is 6.42. The van der Waals surface area contributed by atoms with E-state index in [0.717, 1.165) is 6.07 Å². The van der Waals surface area contributed by atoms with Gasteiger partial charge < -0.3 is 20.1 Å². The second kappa shape index (κ2) is 8.16. The first-order chi connectivity index (χ1) is 11.8. The largest absolute Gasteiger partial charge is 0.416 e. The number of nitrogens with zero attached hydrogens (tertiary/aromatic N) is 1. The zero-order chi connectivity index (χ0) is 18.5. The molecule has 1 aliphatic heterocycles. The van der Waals surface area contributed by atoms with E-state index in [1.54, 1.807) is 0 Å². The number of carbonyl (C=O) groups excluding carboxylic acids is 1. The Morgan fingerprint density at radius 1 is 1.36 bits per heavy atom. The zero-order valence-electron chi connectivity index (χ0n) is 14.1. The number of ether oxygens (including phenoxy) is 1. The molecule has 0 aliphatic carbocycles. The van der Waals surface area contributed by atoms with Gasteiger partial charge >= 0.3 is 6.18 Å². The Morgan fingerprint density at radius 2 is 2.08 bits per heavy atom. The number of aliphatic hydroxyl groups is 1. The molecule has 1 saturated heterocycles. The van der Waals surface area contributed by atoms with Gasteiger partial charge in [-0.15, -0.1) is 0 Å². The second-order valence-electron chi connectivity index (χ2n) is 6.18. The molecule has 1 aliphatic rings. The first-order valence-electron chi connectivity index (χ1n) is 8.14. The standard InChI is InChI=1S/C17H23F3N2O3/c1-25-10-9-22-8-4-7-16(24,15(22)23)12-21-11-13-5-2-3-6-14(13)17(18,19)20/h2-3,5-6,21,24H,4,7-12H2,1H3/t16-/m0/s1. The number of alkyl halides is 3. The molecule has 0 spiro atoms. The molecule has 1 heterocycles. The third-order valence-electron chi connectivity index (χ3n) is 4.32. The van der Waals surface area contributed by atoms with Crippen LogP contribution in [0.5, 0.6) is 0 Å². The van der Waals surface area contributed by atoms with Crippen LogP contribution < -0.4 is 5.32 Å². The molecule has 0 unspecified atom stereocenters. The maximum atomic E-state index is 13.0. The predicted molar refractivity (Wildman–Crippen MR) is 85.8 cm³/mol. The first-order valence-corrected chi connectivity index (χ1v) is 8.14. The average molecular weight is 360 g/mol. The van der Waals surface area contributed by atoms with Crippen molar-refractivity contribution in [2.45, 2.75) is 31.2 Å². The third-order valence-corrected chi connectivity index (χ3v) is 4.32. The van der Waals surface area contributed by atoms with Crippen LogP contribution in [0.3, 0.4) is 0 Å². The maximum absolute atomic E-state index is 13.0. The SMILES string of the molecule is COCCN1CCC[C@](O)(CNCc2ccccc2C(F)(F)F)C1=O. The smallest absolute Gasteiger partial charge is 0.383 e. The normalized spacial score (nSPS) is 21.6. The van der Waals surface area contributed by atoms with Crippen LogP contribution in [0, 0.1) is 0 Å². The summed E-state index contributed by atoms with van der Waals surface area (Å²) in [7, 11) is 1.53. The van der Waals surface area contributed by atoms with Gasteiger partial charge in [0.25, 0.3) is 5.91 Å². The van der Waals surface area contributed by atoms with E-state index in [1.165, 1.54) is 30.2 Å². The Balaban J connectivity index is 1.98. The molecule has 140 valence electrons. The number of hydrogen-bond donors (Lipinski definition) is 2. The lowest BCUT2D eigenvalue weighted by molar-refractivity contribution is -0.157. The quantitative estimate of drug-likeness (QED) is 0.778. The van der Waals surface area contributed by atoms with Crippen LogP contribution in [0.25, 0.3) is 0 Å². The molecule has 5 nitrogen and oxygen atoms in total. The van der Waals surface area contributed by atoms with Gasteiger partial charge in [0.15, 0.2) is 5.60 Å². The van der Waals surface area contributed by atoms with Crippen molar-refractivity contribution in [1.29, 1.82) is 0 Å². The van der Waals surface area contributed by atoms with Crippen molar-refractivity contribution in [1.82, 2.24) is 10.2 Å². The number of benzene rings is 1. The number of piperidine rings is 1. The van der Waals surface area contributed by atoms with E-state index in [9.17, 15) is 23.1 Å². The summed E-state index contributed by atoms with van der Waals surface area (Å²) in [5, 5.41) is 13.4. The summed E-state index contributed by atoms with van der Waals surface area (Å²) < 4.78 is 43.9. The molecule has 1 amide bonds. The summed E-state index contributed by atoms with van der Waals surface area (Å²) in [6.07, 6.45) is -3.53. The minimum atomic E-state index is -4.44. The fourth-order valence-corrected chi connectivity index (χ4v) is 3.00. The molecule has 25 heavy (non-hydrogen) atoms. The lowest BCUT2D eigenvalue weighted by atomic mass is 9.91. The van der Waals surface area contributed by atoms with Crippen LogP contribution >= 0.6 is 0 Å². The van der Waals surface area contributed by atoms with Gasteiger partial charge in [0.1, 0.15) is 0 Å². The summed E-state index contributed by atoms with van der Waals surface area (Å²) in [6, 6.07) is 5.26. The van der Waals surface area contributed by atoms with Crippen molar-refractivity contribution in [3.8, 4) is 0 Å². The molecule has 0 saturated carbocycles. The van der Waals surface area contributed by atoms with Crippen molar-refractivity contribution in [2.75, 3.05) is 33.4 Å². The molecule has 0 radical (unpaired) electrons. The number of amides is 1. The van der Waals surface area contributed by atoms with Gasteiger partial charge in [-0.05, 0) is 24.5 Å². The zero-order valence-corrected chi connectivity index (χ0v) is 14.1.